The molecule has 0 aliphatic heterocycles. The second kappa shape index (κ2) is 6.35. The minimum absolute atomic E-state index is 0.0437. The van der Waals surface area contributed by atoms with Crippen LogP contribution in [0.25, 0.3) is 10.8 Å². The van der Waals surface area contributed by atoms with Gasteiger partial charge in [0.15, 0.2) is 0 Å². The van der Waals surface area contributed by atoms with Crippen LogP contribution in [0.2, 0.25) is 0 Å². The molecule has 0 saturated carbocycles. The molecule has 2 rings (SSSR count). The Kier molecular flexibility index (Phi) is 4.77. The van der Waals surface area contributed by atoms with Crippen molar-refractivity contribution in [3.63, 3.8) is 0 Å². The number of anilines is 1. The van der Waals surface area contributed by atoms with Crippen LogP contribution < -0.4 is 5.32 Å². The lowest BCUT2D eigenvalue weighted by atomic mass is 10.1. The summed E-state index contributed by atoms with van der Waals surface area (Å²) in [5.74, 6) is 0.842. The van der Waals surface area contributed by atoms with E-state index >= 15 is 0 Å². The molecule has 19 heavy (non-hydrogen) atoms. The predicted molar refractivity (Wildman–Crippen MR) is 83.6 cm³/mol. The summed E-state index contributed by atoms with van der Waals surface area (Å²) >= 11 is 3.54. The van der Waals surface area contributed by atoms with Gasteiger partial charge in [-0.1, -0.05) is 26.0 Å². The summed E-state index contributed by atoms with van der Waals surface area (Å²) in [4.78, 5) is 4.45. The summed E-state index contributed by atoms with van der Waals surface area (Å²) in [7, 11) is 0. The molecule has 3 nitrogen and oxygen atoms in total. The minimum atomic E-state index is 0.0437. The second-order valence-electron chi connectivity index (χ2n) is 4.62. The fourth-order valence-electron chi connectivity index (χ4n) is 2.06. The van der Waals surface area contributed by atoms with Crippen LogP contribution in [0.5, 0.6) is 0 Å². The summed E-state index contributed by atoms with van der Waals surface area (Å²) in [6.45, 7) is 4.30. The fourth-order valence-corrected chi connectivity index (χ4v) is 2.51. The zero-order valence-corrected chi connectivity index (χ0v) is 12.9. The van der Waals surface area contributed by atoms with Crippen LogP contribution >= 0.6 is 15.9 Å². The molecule has 0 aliphatic carbocycles. The highest BCUT2D eigenvalue weighted by molar-refractivity contribution is 9.10. The number of nitrogens with zero attached hydrogens (tertiary/aromatic N) is 1. The molecule has 2 N–H and O–H groups in total. The number of aromatic nitrogens is 1. The highest BCUT2D eigenvalue weighted by atomic mass is 79.9. The van der Waals surface area contributed by atoms with Crippen LogP contribution in [0.15, 0.2) is 28.9 Å². The number of nitrogens with one attached hydrogen (secondary N) is 1. The number of aliphatic hydroxyl groups excluding tert-OH is 1. The predicted octanol–water partition coefficient (Wildman–Crippen LogP) is 3.74. The van der Waals surface area contributed by atoms with Crippen molar-refractivity contribution in [2.45, 2.75) is 32.7 Å². The maximum atomic E-state index is 9.32. The van der Waals surface area contributed by atoms with Gasteiger partial charge in [-0.25, -0.2) is 4.98 Å². The summed E-state index contributed by atoms with van der Waals surface area (Å²) in [5.41, 5.74) is 1.28. The van der Waals surface area contributed by atoms with Crippen molar-refractivity contribution in [2.24, 2.45) is 0 Å². The zero-order chi connectivity index (χ0) is 13.8. The van der Waals surface area contributed by atoms with Gasteiger partial charge in [-0.2, -0.15) is 0 Å². The van der Waals surface area contributed by atoms with Gasteiger partial charge in [-0.05, 0) is 40.4 Å². The van der Waals surface area contributed by atoms with Crippen molar-refractivity contribution in [3.8, 4) is 0 Å². The van der Waals surface area contributed by atoms with E-state index in [9.17, 15) is 5.11 Å². The van der Waals surface area contributed by atoms with E-state index in [0.717, 1.165) is 33.9 Å². The molecular formula is C15H19BrN2O. The molecule has 1 heterocycles. The first-order valence-corrected chi connectivity index (χ1v) is 7.43. The van der Waals surface area contributed by atoms with Crippen molar-refractivity contribution in [3.05, 3.63) is 34.4 Å². The summed E-state index contributed by atoms with van der Waals surface area (Å²) in [5, 5.41) is 14.9. The largest absolute Gasteiger partial charge is 0.394 e. The number of aryl methyl sites for hydroxylation is 1. The third kappa shape index (κ3) is 3.07. The van der Waals surface area contributed by atoms with Crippen LogP contribution in [0.1, 0.15) is 25.8 Å². The maximum absolute atomic E-state index is 9.32. The molecule has 0 spiro atoms. The highest BCUT2D eigenvalue weighted by Crippen LogP contribution is 2.29. The average Bonchev–Trinajstić information content (AvgIpc) is 2.46. The average molecular weight is 323 g/mol. The number of benzene rings is 1. The van der Waals surface area contributed by atoms with Gasteiger partial charge in [-0.3, -0.25) is 0 Å². The molecule has 0 amide bonds. The molecule has 0 radical (unpaired) electrons. The third-order valence-electron chi connectivity index (χ3n) is 3.37. The third-order valence-corrected chi connectivity index (χ3v) is 4.00. The minimum Gasteiger partial charge on any atom is -0.394 e. The van der Waals surface area contributed by atoms with E-state index in [2.05, 4.69) is 51.4 Å². The Bertz CT molecular complexity index is 567. The van der Waals surface area contributed by atoms with Crippen LogP contribution in [-0.2, 0) is 6.42 Å². The van der Waals surface area contributed by atoms with E-state index in [1.807, 2.05) is 6.92 Å². The van der Waals surface area contributed by atoms with Crippen molar-refractivity contribution in [1.29, 1.82) is 0 Å². The quantitative estimate of drug-likeness (QED) is 0.881. The molecule has 102 valence electrons. The van der Waals surface area contributed by atoms with Crippen molar-refractivity contribution in [1.82, 2.24) is 4.98 Å². The lowest BCUT2D eigenvalue weighted by Crippen LogP contribution is -2.23. The van der Waals surface area contributed by atoms with Gasteiger partial charge < -0.3 is 10.4 Å². The lowest BCUT2D eigenvalue weighted by molar-refractivity contribution is 0.271. The number of pyridine rings is 1. The number of halogens is 1. The van der Waals surface area contributed by atoms with Gasteiger partial charge in [0.2, 0.25) is 0 Å². The van der Waals surface area contributed by atoms with Gasteiger partial charge in [0.1, 0.15) is 5.82 Å². The van der Waals surface area contributed by atoms with Crippen LogP contribution in [0, 0.1) is 0 Å². The summed E-state index contributed by atoms with van der Waals surface area (Å²) in [6.07, 6.45) is 3.67. The highest BCUT2D eigenvalue weighted by Gasteiger charge is 2.10. The maximum Gasteiger partial charge on any atom is 0.134 e. The Morgan fingerprint density at radius 3 is 2.74 bits per heavy atom. The number of rotatable bonds is 5. The Hall–Kier alpha value is -1.13. The molecule has 0 saturated heterocycles. The van der Waals surface area contributed by atoms with Gasteiger partial charge in [0.05, 0.1) is 12.6 Å². The Morgan fingerprint density at radius 2 is 2.11 bits per heavy atom. The van der Waals surface area contributed by atoms with Gasteiger partial charge in [0, 0.05) is 21.4 Å². The molecule has 4 heteroatoms. The SMILES string of the molecule is CCc1ccc2c(Br)cnc(NC(CC)CO)c2c1. The van der Waals surface area contributed by atoms with Crippen LogP contribution in [0.3, 0.4) is 0 Å². The number of aliphatic hydroxyl groups is 1. The van der Waals surface area contributed by atoms with E-state index in [0.29, 0.717) is 0 Å². The smallest absolute Gasteiger partial charge is 0.134 e. The fraction of sp³-hybridized carbons (Fsp3) is 0.400. The van der Waals surface area contributed by atoms with Crippen molar-refractivity contribution >= 4 is 32.5 Å². The zero-order valence-electron chi connectivity index (χ0n) is 11.3. The summed E-state index contributed by atoms with van der Waals surface area (Å²) < 4.78 is 0.993. The first kappa shape index (κ1) is 14.3. The Labute approximate surface area is 122 Å². The second-order valence-corrected chi connectivity index (χ2v) is 5.47. The first-order valence-electron chi connectivity index (χ1n) is 6.64. The molecule has 1 unspecified atom stereocenters. The molecular weight excluding hydrogens is 304 g/mol. The Morgan fingerprint density at radius 1 is 1.32 bits per heavy atom. The number of hydrogen-bond donors (Lipinski definition) is 2. The van der Waals surface area contributed by atoms with E-state index in [4.69, 9.17) is 0 Å². The van der Waals surface area contributed by atoms with Crippen LogP contribution in [0.4, 0.5) is 5.82 Å². The molecule has 0 aliphatic rings. The van der Waals surface area contributed by atoms with Crippen molar-refractivity contribution < 1.29 is 5.11 Å². The first-order chi connectivity index (χ1) is 9.19. The Balaban J connectivity index is 2.50. The van der Waals surface area contributed by atoms with Crippen molar-refractivity contribution in [2.75, 3.05) is 11.9 Å². The van der Waals surface area contributed by atoms with Crippen LogP contribution in [-0.4, -0.2) is 22.7 Å². The summed E-state index contributed by atoms with van der Waals surface area (Å²) in [6, 6.07) is 6.47. The van der Waals surface area contributed by atoms with E-state index in [1.165, 1.54) is 5.56 Å². The van der Waals surface area contributed by atoms with E-state index in [-0.39, 0.29) is 12.6 Å². The van der Waals surface area contributed by atoms with Gasteiger partial charge in [0.25, 0.3) is 0 Å². The molecule has 1 atom stereocenters. The lowest BCUT2D eigenvalue weighted by Gasteiger charge is -2.17. The number of fused-ring (bicyclic) bond motifs is 1. The molecule has 2 aromatic rings. The molecule has 0 bridgehead atoms. The molecule has 1 aromatic carbocycles. The standard InChI is InChI=1S/C15H19BrN2O/c1-3-10-5-6-12-13(7-10)15(17-8-14(12)16)18-11(4-2)9-19/h5-8,11,19H,3-4,9H2,1-2H3,(H,17,18). The van der Waals surface area contributed by atoms with Gasteiger partial charge >= 0.3 is 0 Å². The molecule has 1 aromatic heterocycles. The van der Waals surface area contributed by atoms with E-state index in [1.54, 1.807) is 6.20 Å². The molecule has 0 fully saturated rings. The number of hydrogen-bond acceptors (Lipinski definition) is 3. The monoisotopic (exact) mass is 322 g/mol. The normalized spacial score (nSPS) is 12.6. The van der Waals surface area contributed by atoms with Gasteiger partial charge in [-0.15, -0.1) is 0 Å². The van der Waals surface area contributed by atoms with E-state index < -0.39 is 0 Å². The topological polar surface area (TPSA) is 45.2 Å².